The molecule has 0 aliphatic carbocycles. The van der Waals surface area contributed by atoms with Crippen LogP contribution in [0, 0.1) is 0 Å². The fourth-order valence-corrected chi connectivity index (χ4v) is 2.96. The predicted octanol–water partition coefficient (Wildman–Crippen LogP) is 4.55. The number of rotatable bonds is 3. The molecule has 0 atom stereocenters. The third-order valence-electron chi connectivity index (χ3n) is 2.51. The van der Waals surface area contributed by atoms with Crippen molar-refractivity contribution < 1.29 is 4.79 Å². The van der Waals surface area contributed by atoms with E-state index in [4.69, 9.17) is 11.6 Å². The van der Waals surface area contributed by atoms with Crippen LogP contribution in [0.5, 0.6) is 0 Å². The van der Waals surface area contributed by atoms with Crippen LogP contribution in [-0.2, 0) is 0 Å². The van der Waals surface area contributed by atoms with E-state index in [1.165, 1.54) is 6.07 Å². The van der Waals surface area contributed by atoms with Crippen LogP contribution < -0.4 is 10.6 Å². The second-order valence-corrected chi connectivity index (χ2v) is 5.96. The van der Waals surface area contributed by atoms with Gasteiger partial charge in [0.2, 0.25) is 0 Å². The number of anilines is 2. The molecule has 1 aromatic heterocycles. The standard InChI is InChI=1S/C13H10Br2ClN3O/c1-17-11-6-7(5-10(16)18-11)13(20)19-12-8(14)3-2-4-9(12)15/h2-6H,1H3,(H,17,18)(H,19,20). The fraction of sp³-hybridized carbons (Fsp3) is 0.0769. The Morgan fingerprint density at radius 3 is 2.50 bits per heavy atom. The molecule has 0 bridgehead atoms. The lowest BCUT2D eigenvalue weighted by molar-refractivity contribution is 0.102. The molecule has 2 rings (SSSR count). The van der Waals surface area contributed by atoms with Gasteiger partial charge in [0.05, 0.1) is 5.69 Å². The Kier molecular flexibility index (Phi) is 5.01. The molecule has 7 heteroatoms. The second-order valence-electron chi connectivity index (χ2n) is 3.86. The summed E-state index contributed by atoms with van der Waals surface area (Å²) in [7, 11) is 1.71. The summed E-state index contributed by atoms with van der Waals surface area (Å²) in [6, 6.07) is 8.71. The van der Waals surface area contributed by atoms with Crippen molar-refractivity contribution in [3.63, 3.8) is 0 Å². The number of hydrogen-bond acceptors (Lipinski definition) is 3. The highest BCUT2D eigenvalue weighted by Crippen LogP contribution is 2.31. The van der Waals surface area contributed by atoms with Crippen molar-refractivity contribution in [2.45, 2.75) is 0 Å². The van der Waals surface area contributed by atoms with Crippen LogP contribution in [0.4, 0.5) is 11.5 Å². The van der Waals surface area contributed by atoms with E-state index < -0.39 is 0 Å². The van der Waals surface area contributed by atoms with Crippen molar-refractivity contribution >= 4 is 60.9 Å². The zero-order chi connectivity index (χ0) is 14.7. The highest BCUT2D eigenvalue weighted by atomic mass is 79.9. The Labute approximate surface area is 138 Å². The molecular formula is C13H10Br2ClN3O. The van der Waals surface area contributed by atoms with Gasteiger partial charge < -0.3 is 10.6 Å². The third-order valence-corrected chi connectivity index (χ3v) is 4.03. The van der Waals surface area contributed by atoms with E-state index in [1.807, 2.05) is 18.2 Å². The summed E-state index contributed by atoms with van der Waals surface area (Å²) in [6.07, 6.45) is 0. The molecule has 0 fully saturated rings. The topological polar surface area (TPSA) is 54.0 Å². The minimum absolute atomic E-state index is 0.258. The number of aromatic nitrogens is 1. The number of carbonyl (C=O) groups excluding carboxylic acids is 1. The molecule has 0 radical (unpaired) electrons. The molecule has 1 amide bonds. The smallest absolute Gasteiger partial charge is 0.255 e. The lowest BCUT2D eigenvalue weighted by Gasteiger charge is -2.10. The molecule has 0 spiro atoms. The normalized spacial score (nSPS) is 10.2. The number of benzene rings is 1. The number of amides is 1. The first-order valence-electron chi connectivity index (χ1n) is 5.62. The van der Waals surface area contributed by atoms with Gasteiger partial charge in [0.1, 0.15) is 11.0 Å². The Bertz CT molecular complexity index is 644. The van der Waals surface area contributed by atoms with Gasteiger partial charge in [-0.1, -0.05) is 17.7 Å². The highest BCUT2D eigenvalue weighted by Gasteiger charge is 2.12. The van der Waals surface area contributed by atoms with Gasteiger partial charge in [-0.05, 0) is 56.1 Å². The Morgan fingerprint density at radius 2 is 1.90 bits per heavy atom. The predicted molar refractivity (Wildman–Crippen MR) is 88.6 cm³/mol. The Balaban J connectivity index is 2.31. The molecule has 0 unspecified atom stereocenters. The third kappa shape index (κ3) is 3.50. The van der Waals surface area contributed by atoms with Crippen LogP contribution in [0.25, 0.3) is 0 Å². The molecule has 2 aromatic rings. The van der Waals surface area contributed by atoms with E-state index >= 15 is 0 Å². The summed E-state index contributed by atoms with van der Waals surface area (Å²) in [5, 5.41) is 5.94. The van der Waals surface area contributed by atoms with Crippen LogP contribution in [0.1, 0.15) is 10.4 Å². The molecule has 1 aromatic carbocycles. The van der Waals surface area contributed by atoms with Gasteiger partial charge in [0.15, 0.2) is 0 Å². The van der Waals surface area contributed by atoms with E-state index in [1.54, 1.807) is 13.1 Å². The maximum Gasteiger partial charge on any atom is 0.255 e. The SMILES string of the molecule is CNc1cc(C(=O)Nc2c(Br)cccc2Br)cc(Cl)n1. The molecule has 1 heterocycles. The van der Waals surface area contributed by atoms with Gasteiger partial charge in [0, 0.05) is 21.6 Å². The van der Waals surface area contributed by atoms with Crippen molar-refractivity contribution in [3.8, 4) is 0 Å². The molecule has 104 valence electrons. The van der Waals surface area contributed by atoms with Gasteiger partial charge in [-0.25, -0.2) is 4.98 Å². The first-order valence-corrected chi connectivity index (χ1v) is 7.58. The van der Waals surface area contributed by atoms with Crippen molar-refractivity contribution in [1.29, 1.82) is 0 Å². The van der Waals surface area contributed by atoms with E-state index in [-0.39, 0.29) is 11.1 Å². The molecule has 2 N–H and O–H groups in total. The van der Waals surface area contributed by atoms with Crippen molar-refractivity contribution in [3.05, 3.63) is 50.0 Å². The number of halogens is 3. The van der Waals surface area contributed by atoms with Gasteiger partial charge >= 0.3 is 0 Å². The minimum Gasteiger partial charge on any atom is -0.373 e. The van der Waals surface area contributed by atoms with Crippen LogP contribution in [0.3, 0.4) is 0 Å². The summed E-state index contributed by atoms with van der Waals surface area (Å²) in [6.45, 7) is 0. The van der Waals surface area contributed by atoms with Crippen LogP contribution >= 0.6 is 43.5 Å². The molecule has 0 saturated carbocycles. The number of pyridine rings is 1. The van der Waals surface area contributed by atoms with E-state index in [0.717, 1.165) is 8.95 Å². The first-order chi connectivity index (χ1) is 9.51. The van der Waals surface area contributed by atoms with Gasteiger partial charge in [-0.3, -0.25) is 4.79 Å². The summed E-state index contributed by atoms with van der Waals surface area (Å²) in [5.41, 5.74) is 1.09. The van der Waals surface area contributed by atoms with Crippen molar-refractivity contribution in [1.82, 2.24) is 4.98 Å². The van der Waals surface area contributed by atoms with Gasteiger partial charge in [0.25, 0.3) is 5.91 Å². The largest absolute Gasteiger partial charge is 0.373 e. The Hall–Kier alpha value is -1.11. The number of para-hydroxylation sites is 1. The monoisotopic (exact) mass is 417 g/mol. The zero-order valence-corrected chi connectivity index (χ0v) is 14.3. The fourth-order valence-electron chi connectivity index (χ4n) is 1.56. The number of nitrogens with zero attached hydrogens (tertiary/aromatic N) is 1. The molecule has 0 aliphatic rings. The number of carbonyl (C=O) groups is 1. The van der Waals surface area contributed by atoms with Crippen LogP contribution in [0.2, 0.25) is 5.15 Å². The lowest BCUT2D eigenvalue weighted by Crippen LogP contribution is -2.13. The average Bonchev–Trinajstić information content (AvgIpc) is 2.42. The zero-order valence-electron chi connectivity index (χ0n) is 10.4. The summed E-state index contributed by atoms with van der Waals surface area (Å²) in [5.74, 6) is 0.271. The quantitative estimate of drug-likeness (QED) is 0.718. The van der Waals surface area contributed by atoms with Crippen molar-refractivity contribution in [2.24, 2.45) is 0 Å². The Morgan fingerprint density at radius 1 is 1.25 bits per heavy atom. The number of hydrogen-bond donors (Lipinski definition) is 2. The maximum atomic E-state index is 12.3. The molecule has 0 aliphatic heterocycles. The maximum absolute atomic E-state index is 12.3. The lowest BCUT2D eigenvalue weighted by atomic mass is 10.2. The van der Waals surface area contributed by atoms with E-state index in [2.05, 4.69) is 47.5 Å². The molecule has 4 nitrogen and oxygen atoms in total. The second kappa shape index (κ2) is 6.56. The average molecular weight is 420 g/mol. The minimum atomic E-state index is -0.265. The highest BCUT2D eigenvalue weighted by molar-refractivity contribution is 9.11. The molecule has 0 saturated heterocycles. The summed E-state index contributed by atoms with van der Waals surface area (Å²) in [4.78, 5) is 16.3. The van der Waals surface area contributed by atoms with Crippen LogP contribution in [0.15, 0.2) is 39.3 Å². The van der Waals surface area contributed by atoms with E-state index in [0.29, 0.717) is 17.1 Å². The first kappa shape index (κ1) is 15.3. The summed E-state index contributed by atoms with van der Waals surface area (Å²) >= 11 is 12.7. The van der Waals surface area contributed by atoms with Crippen LogP contribution in [-0.4, -0.2) is 17.9 Å². The molecule has 20 heavy (non-hydrogen) atoms. The van der Waals surface area contributed by atoms with Crippen molar-refractivity contribution in [2.75, 3.05) is 17.7 Å². The van der Waals surface area contributed by atoms with E-state index in [9.17, 15) is 4.79 Å². The van der Waals surface area contributed by atoms with Gasteiger partial charge in [-0.15, -0.1) is 0 Å². The van der Waals surface area contributed by atoms with Gasteiger partial charge in [-0.2, -0.15) is 0 Å². The summed E-state index contributed by atoms with van der Waals surface area (Å²) < 4.78 is 1.57. The number of nitrogens with one attached hydrogen (secondary N) is 2. The molecular weight excluding hydrogens is 409 g/mol.